The summed E-state index contributed by atoms with van der Waals surface area (Å²) in [7, 11) is 1.47. The van der Waals surface area contributed by atoms with Crippen LogP contribution in [0.4, 0.5) is 5.82 Å². The van der Waals surface area contributed by atoms with Gasteiger partial charge in [-0.1, -0.05) is 0 Å². The first-order valence-corrected chi connectivity index (χ1v) is 4.68. The molecule has 6 heteroatoms. The molecule has 0 radical (unpaired) electrons. The zero-order chi connectivity index (χ0) is 12.0. The third kappa shape index (κ3) is 3.23. The van der Waals surface area contributed by atoms with E-state index in [0.29, 0.717) is 18.2 Å². The largest absolute Gasteiger partial charge is 0.480 e. The van der Waals surface area contributed by atoms with Crippen molar-refractivity contribution in [2.24, 2.45) is 0 Å². The zero-order valence-corrected chi connectivity index (χ0v) is 9.14. The van der Waals surface area contributed by atoms with E-state index < -0.39 is 5.97 Å². The van der Waals surface area contributed by atoms with E-state index >= 15 is 0 Å². The van der Waals surface area contributed by atoms with Crippen molar-refractivity contribution in [3.05, 3.63) is 18.0 Å². The van der Waals surface area contributed by atoms with Crippen LogP contribution in [0.15, 0.2) is 12.3 Å². The number of anilines is 1. The number of hydrogen-bond donors (Lipinski definition) is 1. The molecule has 0 aromatic carbocycles. The predicted molar refractivity (Wildman–Crippen MR) is 58.7 cm³/mol. The molecule has 16 heavy (non-hydrogen) atoms. The van der Waals surface area contributed by atoms with Gasteiger partial charge in [-0.05, 0) is 13.0 Å². The Morgan fingerprint density at radius 3 is 2.94 bits per heavy atom. The summed E-state index contributed by atoms with van der Waals surface area (Å²) in [5.74, 6) is 0.0743. The molecule has 0 fully saturated rings. The number of nitrogens with zero attached hydrogens (tertiary/aromatic N) is 2. The second-order valence-corrected chi connectivity index (χ2v) is 2.77. The third-order valence-electron chi connectivity index (χ3n) is 1.68. The average molecular weight is 223 g/mol. The number of aromatic nitrogens is 2. The summed E-state index contributed by atoms with van der Waals surface area (Å²) < 4.78 is 9.55. The van der Waals surface area contributed by atoms with E-state index in [-0.39, 0.29) is 5.82 Å². The van der Waals surface area contributed by atoms with Crippen LogP contribution in [0.2, 0.25) is 0 Å². The minimum atomic E-state index is -0.445. The van der Waals surface area contributed by atoms with Gasteiger partial charge in [0.1, 0.15) is 5.69 Å². The molecule has 6 nitrogen and oxygen atoms in total. The second-order valence-electron chi connectivity index (χ2n) is 2.77. The zero-order valence-electron chi connectivity index (χ0n) is 9.14. The molecule has 0 amide bonds. The molecule has 0 aliphatic heterocycles. The van der Waals surface area contributed by atoms with Gasteiger partial charge in [0, 0.05) is 6.08 Å². The van der Waals surface area contributed by atoms with Gasteiger partial charge >= 0.3 is 5.97 Å². The normalized spacial score (nSPS) is 10.4. The fourth-order valence-corrected chi connectivity index (χ4v) is 0.960. The molecule has 0 aliphatic rings. The maximum atomic E-state index is 11.0. The van der Waals surface area contributed by atoms with E-state index in [4.69, 9.17) is 15.2 Å². The van der Waals surface area contributed by atoms with Crippen molar-refractivity contribution in [3.63, 3.8) is 0 Å². The smallest absolute Gasteiger partial charge is 0.330 e. The summed E-state index contributed by atoms with van der Waals surface area (Å²) in [5, 5.41) is 0. The van der Waals surface area contributed by atoms with Crippen LogP contribution in [-0.4, -0.2) is 29.7 Å². The van der Waals surface area contributed by atoms with Crippen LogP contribution in [0.3, 0.4) is 0 Å². The Balaban J connectivity index is 2.78. The van der Waals surface area contributed by atoms with E-state index in [1.165, 1.54) is 25.5 Å². The Bertz CT molecular complexity index is 404. The number of carbonyl (C=O) groups is 1. The molecule has 0 bridgehead atoms. The van der Waals surface area contributed by atoms with E-state index in [1.807, 2.05) is 0 Å². The van der Waals surface area contributed by atoms with Crippen LogP contribution < -0.4 is 10.5 Å². The highest BCUT2D eigenvalue weighted by Gasteiger charge is 2.02. The monoisotopic (exact) mass is 223 g/mol. The summed E-state index contributed by atoms with van der Waals surface area (Å²) >= 11 is 0. The van der Waals surface area contributed by atoms with Crippen molar-refractivity contribution >= 4 is 17.9 Å². The fraction of sp³-hybridized carbons (Fsp3) is 0.300. The number of methoxy groups -OCH3 is 1. The Hall–Kier alpha value is -2.11. The fourth-order valence-electron chi connectivity index (χ4n) is 0.960. The first-order valence-electron chi connectivity index (χ1n) is 4.68. The summed E-state index contributed by atoms with van der Waals surface area (Å²) in [4.78, 5) is 18.9. The van der Waals surface area contributed by atoms with Gasteiger partial charge in [0.25, 0.3) is 0 Å². The number of hydrogen-bond acceptors (Lipinski definition) is 6. The minimum Gasteiger partial charge on any atom is -0.480 e. The lowest BCUT2D eigenvalue weighted by Gasteiger charge is -2.01. The Morgan fingerprint density at radius 2 is 2.38 bits per heavy atom. The van der Waals surface area contributed by atoms with E-state index in [0.717, 1.165) is 0 Å². The molecule has 2 N–H and O–H groups in total. The lowest BCUT2D eigenvalue weighted by atomic mass is 10.3. The van der Waals surface area contributed by atoms with Crippen molar-refractivity contribution in [3.8, 4) is 5.88 Å². The molecule has 1 aromatic rings. The Labute approximate surface area is 93.1 Å². The summed E-state index contributed by atoms with van der Waals surface area (Å²) in [6.07, 6.45) is 4.11. The first-order chi connectivity index (χ1) is 7.67. The molecule has 0 spiro atoms. The highest BCUT2D eigenvalue weighted by Crippen LogP contribution is 2.12. The predicted octanol–water partition coefficient (Wildman–Crippen LogP) is 0.644. The van der Waals surface area contributed by atoms with Crippen LogP contribution in [0.25, 0.3) is 6.08 Å². The van der Waals surface area contributed by atoms with E-state index in [2.05, 4.69) is 9.97 Å². The standard InChI is InChI=1S/C10H13N3O3/c1-3-16-9(14)5-4-7-10(11)13-8(15-2)6-12-7/h4-6H,3H2,1-2H3,(H2,11,13). The minimum absolute atomic E-state index is 0.194. The summed E-state index contributed by atoms with van der Waals surface area (Å²) in [6.45, 7) is 2.06. The van der Waals surface area contributed by atoms with Crippen LogP contribution in [0, 0.1) is 0 Å². The molecule has 0 unspecified atom stereocenters. The molecule has 1 heterocycles. The molecule has 0 saturated carbocycles. The van der Waals surface area contributed by atoms with Crippen molar-refractivity contribution in [1.29, 1.82) is 0 Å². The van der Waals surface area contributed by atoms with Gasteiger partial charge in [0.05, 0.1) is 19.9 Å². The maximum Gasteiger partial charge on any atom is 0.330 e. The molecular formula is C10H13N3O3. The molecular weight excluding hydrogens is 210 g/mol. The lowest BCUT2D eigenvalue weighted by molar-refractivity contribution is -0.137. The van der Waals surface area contributed by atoms with Crippen LogP contribution >= 0.6 is 0 Å². The summed E-state index contributed by atoms with van der Waals surface area (Å²) in [5.41, 5.74) is 6.00. The molecule has 0 atom stereocenters. The number of esters is 1. The highest BCUT2D eigenvalue weighted by molar-refractivity contribution is 5.87. The number of carbonyl (C=O) groups excluding carboxylic acids is 1. The van der Waals surface area contributed by atoms with Gasteiger partial charge in [-0.15, -0.1) is 0 Å². The number of rotatable bonds is 4. The SMILES string of the molecule is CCOC(=O)C=Cc1ncc(OC)nc1N. The number of ether oxygens (including phenoxy) is 2. The average Bonchev–Trinajstić information content (AvgIpc) is 2.27. The Kier molecular flexibility index (Phi) is 4.26. The molecule has 1 rings (SSSR count). The molecule has 86 valence electrons. The van der Waals surface area contributed by atoms with Crippen LogP contribution in [-0.2, 0) is 9.53 Å². The van der Waals surface area contributed by atoms with Crippen LogP contribution in [0.5, 0.6) is 5.88 Å². The first kappa shape index (κ1) is 12.0. The third-order valence-corrected chi connectivity index (χ3v) is 1.68. The van der Waals surface area contributed by atoms with Gasteiger partial charge in [-0.3, -0.25) is 0 Å². The van der Waals surface area contributed by atoms with Crippen LogP contribution in [0.1, 0.15) is 12.6 Å². The highest BCUT2D eigenvalue weighted by atomic mass is 16.5. The number of nitrogens with two attached hydrogens (primary N) is 1. The van der Waals surface area contributed by atoms with Crippen molar-refractivity contribution < 1.29 is 14.3 Å². The Morgan fingerprint density at radius 1 is 1.62 bits per heavy atom. The van der Waals surface area contributed by atoms with E-state index in [1.54, 1.807) is 6.92 Å². The quantitative estimate of drug-likeness (QED) is 0.595. The van der Waals surface area contributed by atoms with Gasteiger partial charge in [-0.25, -0.2) is 9.78 Å². The molecule has 1 aromatic heterocycles. The molecule has 0 saturated heterocycles. The lowest BCUT2D eigenvalue weighted by Crippen LogP contribution is -2.01. The topological polar surface area (TPSA) is 87.3 Å². The summed E-state index contributed by atoms with van der Waals surface area (Å²) in [6, 6.07) is 0. The van der Waals surface area contributed by atoms with Gasteiger partial charge < -0.3 is 15.2 Å². The van der Waals surface area contributed by atoms with Gasteiger partial charge in [-0.2, -0.15) is 4.98 Å². The second kappa shape index (κ2) is 5.69. The van der Waals surface area contributed by atoms with Gasteiger partial charge in [0.2, 0.25) is 5.88 Å². The van der Waals surface area contributed by atoms with Gasteiger partial charge in [0.15, 0.2) is 5.82 Å². The maximum absolute atomic E-state index is 11.0. The van der Waals surface area contributed by atoms with Crippen molar-refractivity contribution in [2.75, 3.05) is 19.5 Å². The van der Waals surface area contributed by atoms with E-state index in [9.17, 15) is 4.79 Å². The van der Waals surface area contributed by atoms with Crippen molar-refractivity contribution in [1.82, 2.24) is 9.97 Å². The van der Waals surface area contributed by atoms with Crippen molar-refractivity contribution in [2.45, 2.75) is 6.92 Å². The molecule has 0 aliphatic carbocycles. The number of nitrogen functional groups attached to an aromatic ring is 1.